The Morgan fingerprint density at radius 2 is 1.83 bits per heavy atom. The Bertz CT molecular complexity index is 854. The number of benzene rings is 2. The van der Waals surface area contributed by atoms with E-state index in [1.807, 2.05) is 13.0 Å². The van der Waals surface area contributed by atoms with E-state index in [0.29, 0.717) is 22.7 Å². The molecule has 0 aliphatic rings. The van der Waals surface area contributed by atoms with Crippen LogP contribution in [0, 0.1) is 12.7 Å². The van der Waals surface area contributed by atoms with Crippen LogP contribution in [0.25, 0.3) is 11.3 Å². The third-order valence-corrected chi connectivity index (χ3v) is 3.41. The van der Waals surface area contributed by atoms with E-state index in [0.717, 1.165) is 5.56 Å². The molecule has 0 spiro atoms. The van der Waals surface area contributed by atoms with Crippen LogP contribution in [0.1, 0.15) is 16.1 Å². The van der Waals surface area contributed by atoms with Crippen LogP contribution < -0.4 is 11.1 Å². The van der Waals surface area contributed by atoms with Gasteiger partial charge in [0.2, 0.25) is 0 Å². The summed E-state index contributed by atoms with van der Waals surface area (Å²) in [5, 5.41) is 2.71. The number of hydrogen-bond donors (Lipinski definition) is 2. The number of carbonyl (C=O) groups excluding carboxylic acids is 1. The van der Waals surface area contributed by atoms with Crippen LogP contribution in [0.4, 0.5) is 15.8 Å². The molecule has 4 nitrogen and oxygen atoms in total. The zero-order chi connectivity index (χ0) is 16.4. The molecule has 0 unspecified atom stereocenters. The molecule has 1 heterocycles. The number of aryl methyl sites for hydroxylation is 1. The molecule has 23 heavy (non-hydrogen) atoms. The molecule has 0 atom stereocenters. The first-order chi connectivity index (χ1) is 11.0. The molecule has 0 bridgehead atoms. The van der Waals surface area contributed by atoms with Crippen LogP contribution in [0.2, 0.25) is 0 Å². The summed E-state index contributed by atoms with van der Waals surface area (Å²) in [6, 6.07) is 14.5. The first kappa shape index (κ1) is 14.8. The normalized spacial score (nSPS) is 10.5. The zero-order valence-corrected chi connectivity index (χ0v) is 12.5. The minimum atomic E-state index is -0.395. The van der Waals surface area contributed by atoms with Gasteiger partial charge in [0.05, 0.1) is 11.4 Å². The van der Waals surface area contributed by atoms with E-state index in [2.05, 4.69) is 5.32 Å². The molecule has 3 N–H and O–H groups in total. The molecular weight excluding hydrogens is 295 g/mol. The number of nitrogens with one attached hydrogen (secondary N) is 1. The number of halogens is 1. The van der Waals surface area contributed by atoms with Crippen LogP contribution in [0.3, 0.4) is 0 Å². The SMILES string of the molecule is Cc1ccc(NC(=O)c2ccc(-c3ccc(F)cc3)o2)c(N)c1. The van der Waals surface area contributed by atoms with Gasteiger partial charge in [0.25, 0.3) is 5.91 Å². The van der Waals surface area contributed by atoms with Crippen LogP contribution >= 0.6 is 0 Å². The fraction of sp³-hybridized carbons (Fsp3) is 0.0556. The minimum absolute atomic E-state index is 0.157. The highest BCUT2D eigenvalue weighted by molar-refractivity contribution is 6.04. The molecule has 0 saturated heterocycles. The number of nitrogens with two attached hydrogens (primary N) is 1. The lowest BCUT2D eigenvalue weighted by molar-refractivity contribution is 0.0997. The molecule has 3 rings (SSSR count). The van der Waals surface area contributed by atoms with E-state index in [1.165, 1.54) is 12.1 Å². The van der Waals surface area contributed by atoms with E-state index in [9.17, 15) is 9.18 Å². The molecule has 1 aromatic heterocycles. The highest BCUT2D eigenvalue weighted by atomic mass is 19.1. The second-order valence-electron chi connectivity index (χ2n) is 5.22. The van der Waals surface area contributed by atoms with Gasteiger partial charge in [0, 0.05) is 5.56 Å². The lowest BCUT2D eigenvalue weighted by Gasteiger charge is -2.07. The van der Waals surface area contributed by atoms with Gasteiger partial charge < -0.3 is 15.5 Å². The van der Waals surface area contributed by atoms with Crippen molar-refractivity contribution < 1.29 is 13.6 Å². The van der Waals surface area contributed by atoms with Crippen molar-refractivity contribution in [1.29, 1.82) is 0 Å². The molecule has 3 aromatic rings. The summed E-state index contributed by atoms with van der Waals surface area (Å²) in [5.41, 5.74) is 8.60. The predicted octanol–water partition coefficient (Wildman–Crippen LogP) is 4.23. The molecule has 2 aromatic carbocycles. The van der Waals surface area contributed by atoms with Gasteiger partial charge in [-0.2, -0.15) is 0 Å². The average Bonchev–Trinajstić information content (AvgIpc) is 3.01. The van der Waals surface area contributed by atoms with Crippen LogP contribution in [0.15, 0.2) is 59.0 Å². The Morgan fingerprint density at radius 3 is 2.52 bits per heavy atom. The third-order valence-electron chi connectivity index (χ3n) is 3.41. The Morgan fingerprint density at radius 1 is 1.09 bits per heavy atom. The van der Waals surface area contributed by atoms with Crippen LogP contribution in [-0.2, 0) is 0 Å². The molecule has 0 aliphatic heterocycles. The fourth-order valence-corrected chi connectivity index (χ4v) is 2.21. The lowest BCUT2D eigenvalue weighted by Crippen LogP contribution is -2.12. The number of amides is 1. The summed E-state index contributed by atoms with van der Waals surface area (Å²) in [6.07, 6.45) is 0. The van der Waals surface area contributed by atoms with Crippen molar-refractivity contribution in [2.45, 2.75) is 6.92 Å². The molecule has 116 valence electrons. The summed E-state index contributed by atoms with van der Waals surface area (Å²) in [7, 11) is 0. The van der Waals surface area contributed by atoms with Gasteiger partial charge in [-0.05, 0) is 61.0 Å². The average molecular weight is 310 g/mol. The summed E-state index contributed by atoms with van der Waals surface area (Å²) in [5.74, 6) is -0.0710. The molecule has 0 saturated carbocycles. The highest BCUT2D eigenvalue weighted by Gasteiger charge is 2.13. The number of hydrogen-bond acceptors (Lipinski definition) is 3. The predicted molar refractivity (Wildman–Crippen MR) is 87.6 cm³/mol. The second kappa shape index (κ2) is 5.96. The largest absolute Gasteiger partial charge is 0.451 e. The minimum Gasteiger partial charge on any atom is -0.451 e. The quantitative estimate of drug-likeness (QED) is 0.711. The topological polar surface area (TPSA) is 68.3 Å². The summed E-state index contributed by atoms with van der Waals surface area (Å²) in [6.45, 7) is 1.92. The Hall–Kier alpha value is -3.08. The second-order valence-corrected chi connectivity index (χ2v) is 5.22. The maximum atomic E-state index is 12.9. The standard InChI is InChI=1S/C18H15FN2O2/c1-11-2-7-15(14(20)10-11)21-18(22)17-9-8-16(23-17)12-3-5-13(19)6-4-12/h2-10H,20H2,1H3,(H,21,22). The number of nitrogen functional groups attached to an aromatic ring is 1. The molecule has 1 amide bonds. The Balaban J connectivity index is 1.79. The van der Waals surface area contributed by atoms with E-state index in [1.54, 1.807) is 36.4 Å². The first-order valence-corrected chi connectivity index (χ1v) is 7.06. The van der Waals surface area contributed by atoms with E-state index in [-0.39, 0.29) is 11.6 Å². The summed E-state index contributed by atoms with van der Waals surface area (Å²) >= 11 is 0. The van der Waals surface area contributed by atoms with Gasteiger partial charge in [-0.3, -0.25) is 4.79 Å². The van der Waals surface area contributed by atoms with E-state index in [4.69, 9.17) is 10.2 Å². The number of furan rings is 1. The maximum absolute atomic E-state index is 12.9. The highest BCUT2D eigenvalue weighted by Crippen LogP contribution is 2.24. The Labute approximate surface area is 132 Å². The number of rotatable bonds is 3. The van der Waals surface area contributed by atoms with Crippen molar-refractivity contribution in [1.82, 2.24) is 0 Å². The summed E-state index contributed by atoms with van der Waals surface area (Å²) < 4.78 is 18.5. The lowest BCUT2D eigenvalue weighted by atomic mass is 10.2. The van der Waals surface area contributed by atoms with Gasteiger partial charge >= 0.3 is 0 Å². The van der Waals surface area contributed by atoms with Gasteiger partial charge in [0.15, 0.2) is 5.76 Å². The third kappa shape index (κ3) is 3.23. The fourth-order valence-electron chi connectivity index (χ4n) is 2.21. The van der Waals surface area contributed by atoms with Crippen molar-refractivity contribution in [3.05, 3.63) is 71.7 Å². The zero-order valence-electron chi connectivity index (χ0n) is 12.5. The van der Waals surface area contributed by atoms with Gasteiger partial charge in [-0.15, -0.1) is 0 Å². The van der Waals surface area contributed by atoms with Crippen molar-refractivity contribution in [3.8, 4) is 11.3 Å². The maximum Gasteiger partial charge on any atom is 0.291 e. The number of anilines is 2. The molecule has 0 radical (unpaired) electrons. The van der Waals surface area contributed by atoms with Crippen molar-refractivity contribution in [2.24, 2.45) is 0 Å². The molecular formula is C18H15FN2O2. The summed E-state index contributed by atoms with van der Waals surface area (Å²) in [4.78, 5) is 12.2. The molecule has 5 heteroatoms. The van der Waals surface area contributed by atoms with Crippen molar-refractivity contribution in [2.75, 3.05) is 11.1 Å². The van der Waals surface area contributed by atoms with E-state index >= 15 is 0 Å². The smallest absolute Gasteiger partial charge is 0.291 e. The van der Waals surface area contributed by atoms with Crippen LogP contribution in [0.5, 0.6) is 0 Å². The van der Waals surface area contributed by atoms with E-state index < -0.39 is 5.91 Å². The Kier molecular flexibility index (Phi) is 3.85. The monoisotopic (exact) mass is 310 g/mol. The van der Waals surface area contributed by atoms with Crippen molar-refractivity contribution in [3.63, 3.8) is 0 Å². The van der Waals surface area contributed by atoms with Crippen LogP contribution in [-0.4, -0.2) is 5.91 Å². The van der Waals surface area contributed by atoms with Gasteiger partial charge in [-0.1, -0.05) is 6.07 Å². The molecule has 0 aliphatic carbocycles. The van der Waals surface area contributed by atoms with Crippen molar-refractivity contribution >= 4 is 17.3 Å². The first-order valence-electron chi connectivity index (χ1n) is 7.06. The molecule has 0 fully saturated rings. The number of carbonyl (C=O) groups is 1. The van der Waals surface area contributed by atoms with Gasteiger partial charge in [0.1, 0.15) is 11.6 Å². The van der Waals surface area contributed by atoms with Gasteiger partial charge in [-0.25, -0.2) is 4.39 Å².